The van der Waals surface area contributed by atoms with Gasteiger partial charge in [0.15, 0.2) is 5.65 Å². The maximum atomic E-state index is 14.6. The van der Waals surface area contributed by atoms with E-state index < -0.39 is 5.82 Å². The van der Waals surface area contributed by atoms with Crippen LogP contribution in [0.5, 0.6) is 0 Å². The smallest absolute Gasteiger partial charge is 0.327 e. The highest BCUT2D eigenvalue weighted by Crippen LogP contribution is 2.29. The minimum Gasteiger partial charge on any atom is -0.372 e. The van der Waals surface area contributed by atoms with Crippen LogP contribution >= 0.6 is 0 Å². The lowest BCUT2D eigenvalue weighted by Gasteiger charge is -2.34. The summed E-state index contributed by atoms with van der Waals surface area (Å²) in [6, 6.07) is 8.51. The van der Waals surface area contributed by atoms with Crippen LogP contribution in [0.3, 0.4) is 0 Å². The number of aryl methyl sites for hydroxylation is 1. The van der Waals surface area contributed by atoms with Gasteiger partial charge in [-0.2, -0.15) is 0 Å². The maximum Gasteiger partial charge on any atom is 0.327 e. The molecule has 3 aromatic heterocycles. The van der Waals surface area contributed by atoms with Crippen molar-refractivity contribution in [1.82, 2.24) is 24.0 Å². The third-order valence-corrected chi connectivity index (χ3v) is 6.74. The third-order valence-electron chi connectivity index (χ3n) is 6.74. The third kappa shape index (κ3) is 4.06. The summed E-state index contributed by atoms with van der Waals surface area (Å²) in [6.45, 7) is 7.24. The van der Waals surface area contributed by atoms with E-state index in [1.807, 2.05) is 12.1 Å². The summed E-state index contributed by atoms with van der Waals surface area (Å²) < 4.78 is 18.1. The van der Waals surface area contributed by atoms with Gasteiger partial charge in [-0.05, 0) is 50.1 Å². The van der Waals surface area contributed by atoms with Crippen molar-refractivity contribution in [2.24, 2.45) is 12.0 Å². The van der Waals surface area contributed by atoms with Crippen LogP contribution in [-0.2, 0) is 7.05 Å². The number of aromatic amines is 1. The van der Waals surface area contributed by atoms with Gasteiger partial charge in [-0.1, -0.05) is 12.6 Å². The fourth-order valence-electron chi connectivity index (χ4n) is 4.99. The number of rotatable bonds is 6. The van der Waals surface area contributed by atoms with E-state index in [4.69, 9.17) is 0 Å². The van der Waals surface area contributed by atoms with Gasteiger partial charge in [0.25, 0.3) is 0 Å². The van der Waals surface area contributed by atoms with E-state index in [0.717, 1.165) is 18.4 Å². The van der Waals surface area contributed by atoms with Gasteiger partial charge >= 0.3 is 5.69 Å². The van der Waals surface area contributed by atoms with Crippen molar-refractivity contribution in [3.63, 3.8) is 0 Å². The Hall–Kier alpha value is -4.27. The number of hydrogen-bond donors (Lipinski definition) is 1. The molecule has 0 amide bonds. The summed E-state index contributed by atoms with van der Waals surface area (Å²) in [7, 11) is 1.78. The molecule has 4 aromatic rings. The number of imidazole rings is 1. The second-order valence-corrected chi connectivity index (χ2v) is 8.91. The highest BCUT2D eigenvalue weighted by molar-refractivity contribution is 6.16. The lowest BCUT2D eigenvalue weighted by Crippen LogP contribution is -2.36. The Morgan fingerprint density at radius 2 is 1.97 bits per heavy atom. The molecule has 1 aliphatic rings. The topological polar surface area (TPSA) is 88.3 Å². The average Bonchev–Trinajstić information content (AvgIpc) is 3.40. The van der Waals surface area contributed by atoms with Crippen LogP contribution < -0.4 is 5.69 Å². The molecule has 0 atom stereocenters. The molecular weight excluding hydrogens is 459 g/mol. The molecule has 1 saturated heterocycles. The number of Topliss-reactive ketones (excluding diaryl/α,β-unsaturated/α-hetero) is 1. The molecule has 184 valence electrons. The fraction of sp³-hybridized carbons (Fsp3) is 0.259. The zero-order valence-electron chi connectivity index (χ0n) is 20.2. The van der Waals surface area contributed by atoms with Gasteiger partial charge in [-0.3, -0.25) is 19.3 Å². The number of carbonyl (C=O) groups is 1. The Kier molecular flexibility index (Phi) is 6.13. The van der Waals surface area contributed by atoms with E-state index in [1.54, 1.807) is 59.9 Å². The molecule has 0 aliphatic carbocycles. The molecule has 4 heterocycles. The van der Waals surface area contributed by atoms with E-state index in [9.17, 15) is 14.0 Å². The van der Waals surface area contributed by atoms with Gasteiger partial charge in [0.2, 0.25) is 5.78 Å². The molecule has 8 nitrogen and oxygen atoms in total. The number of nitrogens with zero attached hydrogens (tertiary/aromatic N) is 5. The lowest BCUT2D eigenvalue weighted by atomic mass is 10.0. The first-order valence-corrected chi connectivity index (χ1v) is 11.9. The second kappa shape index (κ2) is 9.41. The van der Waals surface area contributed by atoms with Gasteiger partial charge in [-0.15, -0.1) is 0 Å². The van der Waals surface area contributed by atoms with Gasteiger partial charge in [0, 0.05) is 55.9 Å². The Morgan fingerprint density at radius 1 is 1.22 bits per heavy atom. The molecule has 0 unspecified atom stereocenters. The number of aromatic nitrogens is 4. The molecule has 0 bridgehead atoms. The molecule has 36 heavy (non-hydrogen) atoms. The molecule has 1 aromatic carbocycles. The van der Waals surface area contributed by atoms with Crippen molar-refractivity contribution in [1.29, 1.82) is 0 Å². The first-order valence-electron chi connectivity index (χ1n) is 11.9. The summed E-state index contributed by atoms with van der Waals surface area (Å²) in [5.41, 5.74) is 2.97. The molecule has 1 N–H and O–H groups in total. The highest BCUT2D eigenvalue weighted by Gasteiger charge is 2.25. The number of piperidine rings is 1. The van der Waals surface area contributed by atoms with Gasteiger partial charge in [-0.25, -0.2) is 14.2 Å². The minimum absolute atomic E-state index is 0.0388. The molecular formula is C27H27FN6O2. The summed E-state index contributed by atoms with van der Waals surface area (Å²) in [6.07, 6.45) is 7.97. The normalized spacial score (nSPS) is 15.4. The number of nitrogens with one attached hydrogen (secondary N) is 1. The van der Waals surface area contributed by atoms with Crippen molar-refractivity contribution >= 4 is 34.1 Å². The number of pyridine rings is 1. The number of ketones is 1. The number of H-pyrrole nitrogens is 1. The first-order chi connectivity index (χ1) is 17.4. The Morgan fingerprint density at radius 3 is 2.72 bits per heavy atom. The largest absolute Gasteiger partial charge is 0.372 e. The molecule has 0 spiro atoms. The van der Waals surface area contributed by atoms with Crippen molar-refractivity contribution in [2.75, 3.05) is 13.1 Å². The quantitative estimate of drug-likeness (QED) is 0.190. The Balaban J connectivity index is 1.37. The van der Waals surface area contributed by atoms with Crippen LogP contribution in [0.2, 0.25) is 0 Å². The van der Waals surface area contributed by atoms with Gasteiger partial charge in [0.1, 0.15) is 11.5 Å². The monoisotopic (exact) mass is 486 g/mol. The highest BCUT2D eigenvalue weighted by atomic mass is 19.1. The molecule has 1 fully saturated rings. The molecule has 9 heteroatoms. The Bertz CT molecular complexity index is 1600. The van der Waals surface area contributed by atoms with Crippen LogP contribution in [0.15, 0.2) is 76.6 Å². The summed E-state index contributed by atoms with van der Waals surface area (Å²) >= 11 is 0. The van der Waals surface area contributed by atoms with Crippen molar-refractivity contribution in [2.45, 2.75) is 25.8 Å². The van der Waals surface area contributed by atoms with E-state index in [1.165, 1.54) is 6.07 Å². The number of likely N-dealkylation sites (tertiary alicyclic amines) is 1. The molecule has 5 rings (SSSR count). The summed E-state index contributed by atoms with van der Waals surface area (Å²) in [5.74, 6) is -0.808. The number of halogens is 1. The van der Waals surface area contributed by atoms with Crippen LogP contribution in [0.4, 0.5) is 4.39 Å². The number of aliphatic imine (C=N–C) groups is 1. The maximum absolute atomic E-state index is 14.6. The Labute approximate surface area is 207 Å². The zero-order valence-corrected chi connectivity index (χ0v) is 20.2. The lowest BCUT2D eigenvalue weighted by molar-refractivity contribution is 0.103. The van der Waals surface area contributed by atoms with Crippen molar-refractivity contribution in [3.8, 4) is 0 Å². The SMILES string of the molecule is C=C(/C=C(\N=CC)C(=O)c1cn(C)c2cccc(F)c12)N1CCC(n2c(=O)[nH]c3ncccc32)CC1. The first kappa shape index (κ1) is 23.5. The predicted octanol–water partition coefficient (Wildman–Crippen LogP) is 4.36. The standard InChI is InChI=1S/C27H27FN6O2/c1-4-29-21(25(35)19-16-32(3)22-8-5-7-20(28)24(19)22)15-17(2)33-13-10-18(11-14-33)34-23-9-6-12-30-26(23)31-27(34)36/h4-9,12,15-16,18H,2,10-11,13-14H2,1,3H3,(H,30,31,36)/b21-15-,29-4?. The zero-order chi connectivity index (χ0) is 25.4. The minimum atomic E-state index is -0.445. The van der Waals surface area contributed by atoms with Crippen LogP contribution in [0.1, 0.15) is 36.2 Å². The number of hydrogen-bond acceptors (Lipinski definition) is 5. The summed E-state index contributed by atoms with van der Waals surface area (Å²) in [4.78, 5) is 39.4. The number of allylic oxidation sites excluding steroid dienone is 2. The van der Waals surface area contributed by atoms with Crippen molar-refractivity contribution < 1.29 is 9.18 Å². The predicted molar refractivity (Wildman–Crippen MR) is 139 cm³/mol. The van der Waals surface area contributed by atoms with Crippen LogP contribution in [-0.4, -0.2) is 49.1 Å². The van der Waals surface area contributed by atoms with Gasteiger partial charge < -0.3 is 9.47 Å². The van der Waals surface area contributed by atoms with E-state index in [0.29, 0.717) is 30.0 Å². The number of fused-ring (bicyclic) bond motifs is 2. The number of benzene rings is 1. The molecule has 1 aliphatic heterocycles. The molecule has 0 saturated carbocycles. The fourth-order valence-corrected chi connectivity index (χ4v) is 4.99. The van der Waals surface area contributed by atoms with E-state index in [-0.39, 0.29) is 34.2 Å². The average molecular weight is 487 g/mol. The summed E-state index contributed by atoms with van der Waals surface area (Å²) in [5, 5.41) is 0.285. The van der Waals surface area contributed by atoms with Crippen LogP contribution in [0.25, 0.3) is 22.1 Å². The molecule has 0 radical (unpaired) electrons. The van der Waals surface area contributed by atoms with Crippen molar-refractivity contribution in [3.05, 3.63) is 88.6 Å². The van der Waals surface area contributed by atoms with Gasteiger partial charge in [0.05, 0.1) is 16.6 Å². The number of carbonyl (C=O) groups excluding carboxylic acids is 1. The van der Waals surface area contributed by atoms with Crippen LogP contribution in [0, 0.1) is 5.82 Å². The van der Waals surface area contributed by atoms with E-state index in [2.05, 4.69) is 26.4 Å². The van der Waals surface area contributed by atoms with E-state index >= 15 is 0 Å². The second-order valence-electron chi connectivity index (χ2n) is 8.91.